The van der Waals surface area contributed by atoms with E-state index in [4.69, 9.17) is 28.6 Å². The molecular formula is C18H18ClN3O3S. The van der Waals surface area contributed by atoms with Crippen LogP contribution in [0.4, 0.5) is 11.4 Å². The quantitative estimate of drug-likeness (QED) is 0.675. The number of hydrogen-bond acceptors (Lipinski definition) is 4. The lowest BCUT2D eigenvalue weighted by Crippen LogP contribution is -2.34. The zero-order chi connectivity index (χ0) is 19.1. The first-order valence-electron chi connectivity index (χ1n) is 7.78. The molecule has 26 heavy (non-hydrogen) atoms. The summed E-state index contributed by atoms with van der Waals surface area (Å²) in [6, 6.07) is 11.7. The lowest BCUT2D eigenvalue weighted by atomic mass is 10.2. The van der Waals surface area contributed by atoms with Crippen LogP contribution in [0.1, 0.15) is 23.7 Å². The molecule has 0 aromatic heterocycles. The monoisotopic (exact) mass is 391 g/mol. The van der Waals surface area contributed by atoms with E-state index in [9.17, 15) is 9.59 Å². The van der Waals surface area contributed by atoms with Crippen LogP contribution in [0.25, 0.3) is 0 Å². The maximum atomic E-state index is 12.2. The van der Waals surface area contributed by atoms with Crippen LogP contribution in [0.5, 0.6) is 5.75 Å². The number of rotatable bonds is 5. The molecule has 6 nitrogen and oxygen atoms in total. The summed E-state index contributed by atoms with van der Waals surface area (Å²) in [5.41, 5.74) is 1.72. The fourth-order valence-corrected chi connectivity index (χ4v) is 2.50. The van der Waals surface area contributed by atoms with E-state index >= 15 is 0 Å². The highest BCUT2D eigenvalue weighted by Gasteiger charge is 2.11. The van der Waals surface area contributed by atoms with Crippen molar-refractivity contribution >= 4 is 52.1 Å². The summed E-state index contributed by atoms with van der Waals surface area (Å²) >= 11 is 11.2. The highest BCUT2D eigenvalue weighted by atomic mass is 35.5. The van der Waals surface area contributed by atoms with Gasteiger partial charge in [0.1, 0.15) is 5.75 Å². The first-order chi connectivity index (χ1) is 12.4. The largest absolute Gasteiger partial charge is 0.495 e. The molecule has 2 rings (SSSR count). The zero-order valence-corrected chi connectivity index (χ0v) is 15.8. The van der Waals surface area contributed by atoms with Crippen molar-refractivity contribution in [1.29, 1.82) is 0 Å². The second kappa shape index (κ2) is 9.17. The van der Waals surface area contributed by atoms with E-state index < -0.39 is 0 Å². The highest BCUT2D eigenvalue weighted by molar-refractivity contribution is 7.80. The van der Waals surface area contributed by atoms with Crippen LogP contribution in [0.2, 0.25) is 5.02 Å². The minimum atomic E-state index is -0.390. The number of ether oxygens (including phenoxy) is 1. The van der Waals surface area contributed by atoms with Gasteiger partial charge in [0, 0.05) is 23.4 Å². The number of hydrogen-bond donors (Lipinski definition) is 3. The summed E-state index contributed by atoms with van der Waals surface area (Å²) in [5, 5.41) is 8.71. The summed E-state index contributed by atoms with van der Waals surface area (Å²) in [6.07, 6.45) is 0.408. The Morgan fingerprint density at radius 3 is 2.23 bits per heavy atom. The number of halogens is 1. The smallest absolute Gasteiger partial charge is 0.257 e. The molecule has 0 spiro atoms. The summed E-state index contributed by atoms with van der Waals surface area (Å²) in [5.74, 6) is 0.0321. The van der Waals surface area contributed by atoms with E-state index in [1.165, 1.54) is 13.2 Å². The van der Waals surface area contributed by atoms with E-state index in [0.29, 0.717) is 34.1 Å². The molecule has 0 aliphatic heterocycles. The van der Waals surface area contributed by atoms with Gasteiger partial charge in [-0.2, -0.15) is 0 Å². The van der Waals surface area contributed by atoms with Crippen molar-refractivity contribution in [3.05, 3.63) is 53.1 Å². The van der Waals surface area contributed by atoms with Crippen molar-refractivity contribution in [1.82, 2.24) is 5.32 Å². The summed E-state index contributed by atoms with van der Waals surface area (Å²) in [7, 11) is 1.50. The molecule has 2 aromatic carbocycles. The zero-order valence-electron chi connectivity index (χ0n) is 14.3. The van der Waals surface area contributed by atoms with Gasteiger partial charge < -0.3 is 15.4 Å². The lowest BCUT2D eigenvalue weighted by Gasteiger charge is -2.11. The van der Waals surface area contributed by atoms with Crippen molar-refractivity contribution in [2.45, 2.75) is 13.3 Å². The number of nitrogens with one attached hydrogen (secondary N) is 3. The molecule has 0 fully saturated rings. The van der Waals surface area contributed by atoms with Gasteiger partial charge in [0.2, 0.25) is 5.91 Å². The molecule has 0 aliphatic carbocycles. The fraction of sp³-hybridized carbons (Fsp3) is 0.167. The second-order valence-corrected chi connectivity index (χ2v) is 6.05. The van der Waals surface area contributed by atoms with E-state index in [2.05, 4.69) is 16.0 Å². The Labute approximate surface area is 161 Å². The standard InChI is InChI=1S/C18H18ClN3O3S/c1-3-16(23)20-12-5-7-13(8-6-12)21-18(26)22-17(24)11-4-9-15(25-2)14(19)10-11/h4-10H,3H2,1-2H3,(H,20,23)(H2,21,22,24,26). The molecular weight excluding hydrogens is 374 g/mol. The Kier molecular flexibility index (Phi) is 6.94. The van der Waals surface area contributed by atoms with Gasteiger partial charge in [-0.15, -0.1) is 0 Å². The topological polar surface area (TPSA) is 79.5 Å². The molecule has 2 amide bonds. The van der Waals surface area contributed by atoms with E-state index in [0.717, 1.165) is 0 Å². The lowest BCUT2D eigenvalue weighted by molar-refractivity contribution is -0.115. The number of benzene rings is 2. The third-order valence-corrected chi connectivity index (χ3v) is 3.89. The van der Waals surface area contributed by atoms with Crippen LogP contribution in [0.3, 0.4) is 0 Å². The molecule has 2 aromatic rings. The molecule has 0 aliphatic rings. The fourth-order valence-electron chi connectivity index (χ4n) is 2.03. The van der Waals surface area contributed by atoms with Gasteiger partial charge in [0.15, 0.2) is 5.11 Å². The third-order valence-electron chi connectivity index (χ3n) is 3.39. The van der Waals surface area contributed by atoms with Crippen molar-refractivity contribution < 1.29 is 14.3 Å². The van der Waals surface area contributed by atoms with Crippen LogP contribution in [-0.2, 0) is 4.79 Å². The number of thiocarbonyl (C=S) groups is 1. The van der Waals surface area contributed by atoms with Crippen molar-refractivity contribution in [3.63, 3.8) is 0 Å². The Hall–Kier alpha value is -2.64. The third kappa shape index (κ3) is 5.44. The van der Waals surface area contributed by atoms with Gasteiger partial charge >= 0.3 is 0 Å². The van der Waals surface area contributed by atoms with Crippen LogP contribution < -0.4 is 20.7 Å². The molecule has 0 atom stereocenters. The van der Waals surface area contributed by atoms with Crippen LogP contribution in [-0.4, -0.2) is 24.0 Å². The van der Waals surface area contributed by atoms with Gasteiger partial charge in [-0.05, 0) is 54.7 Å². The van der Waals surface area contributed by atoms with Crippen LogP contribution in [0, 0.1) is 0 Å². The Morgan fingerprint density at radius 1 is 1.08 bits per heavy atom. The van der Waals surface area contributed by atoms with E-state index in [1.54, 1.807) is 43.3 Å². The number of carbonyl (C=O) groups excluding carboxylic acids is 2. The molecule has 136 valence electrons. The van der Waals surface area contributed by atoms with Crippen molar-refractivity contribution in [3.8, 4) is 5.75 Å². The number of amides is 2. The average Bonchev–Trinajstić information content (AvgIpc) is 2.63. The predicted molar refractivity (Wildman–Crippen MR) is 107 cm³/mol. The number of methoxy groups -OCH3 is 1. The minimum Gasteiger partial charge on any atom is -0.495 e. The molecule has 0 saturated carbocycles. The van der Waals surface area contributed by atoms with E-state index in [-0.39, 0.29) is 16.9 Å². The van der Waals surface area contributed by atoms with Gasteiger partial charge in [0.05, 0.1) is 12.1 Å². The Balaban J connectivity index is 1.94. The molecule has 0 heterocycles. The summed E-state index contributed by atoms with van der Waals surface area (Å²) < 4.78 is 5.05. The second-order valence-electron chi connectivity index (χ2n) is 5.24. The predicted octanol–water partition coefficient (Wildman–Crippen LogP) is 3.82. The number of carbonyl (C=O) groups is 2. The van der Waals surface area contributed by atoms with E-state index in [1.807, 2.05) is 0 Å². The maximum absolute atomic E-state index is 12.2. The van der Waals surface area contributed by atoms with Crippen molar-refractivity contribution in [2.24, 2.45) is 0 Å². The molecule has 0 saturated heterocycles. The van der Waals surface area contributed by atoms with Crippen LogP contribution in [0.15, 0.2) is 42.5 Å². The Bertz CT molecular complexity index is 825. The molecule has 8 heteroatoms. The average molecular weight is 392 g/mol. The SMILES string of the molecule is CCC(=O)Nc1ccc(NC(=S)NC(=O)c2ccc(OC)c(Cl)c2)cc1. The first-order valence-corrected chi connectivity index (χ1v) is 8.57. The van der Waals surface area contributed by atoms with Crippen molar-refractivity contribution in [2.75, 3.05) is 17.7 Å². The maximum Gasteiger partial charge on any atom is 0.257 e. The molecule has 0 bridgehead atoms. The Morgan fingerprint density at radius 2 is 1.69 bits per heavy atom. The van der Waals surface area contributed by atoms with Gasteiger partial charge in [-0.3, -0.25) is 14.9 Å². The molecule has 0 unspecified atom stereocenters. The van der Waals surface area contributed by atoms with Gasteiger partial charge in [-0.1, -0.05) is 18.5 Å². The molecule has 0 radical (unpaired) electrons. The summed E-state index contributed by atoms with van der Waals surface area (Å²) in [6.45, 7) is 1.78. The van der Waals surface area contributed by atoms with Gasteiger partial charge in [0.25, 0.3) is 5.91 Å². The normalized spacial score (nSPS) is 9.96. The first kappa shape index (κ1) is 19.7. The number of anilines is 2. The summed E-state index contributed by atoms with van der Waals surface area (Å²) in [4.78, 5) is 23.6. The highest BCUT2D eigenvalue weighted by Crippen LogP contribution is 2.24. The molecule has 3 N–H and O–H groups in total. The van der Waals surface area contributed by atoms with Crippen LogP contribution >= 0.6 is 23.8 Å². The van der Waals surface area contributed by atoms with Gasteiger partial charge in [-0.25, -0.2) is 0 Å². The minimum absolute atomic E-state index is 0.0633.